The van der Waals surface area contributed by atoms with Gasteiger partial charge in [0, 0.05) is 17.5 Å². The minimum Gasteiger partial charge on any atom is -0.369 e. The van der Waals surface area contributed by atoms with Gasteiger partial charge in [0.2, 0.25) is 5.95 Å². The van der Waals surface area contributed by atoms with Gasteiger partial charge in [0.25, 0.3) is 5.56 Å². The van der Waals surface area contributed by atoms with Crippen molar-refractivity contribution in [3.05, 3.63) is 32.6 Å². The van der Waals surface area contributed by atoms with Gasteiger partial charge in [0.15, 0.2) is 5.65 Å². The summed E-state index contributed by atoms with van der Waals surface area (Å²) >= 11 is 0. The number of rotatable bonds is 12. The van der Waals surface area contributed by atoms with Gasteiger partial charge in [-0.15, -0.1) is 0 Å². The number of fused-ring (bicyclic) bond motifs is 1. The van der Waals surface area contributed by atoms with E-state index in [-0.39, 0.29) is 29.0 Å². The van der Waals surface area contributed by atoms with E-state index in [4.69, 9.17) is 30.5 Å². The number of halogens is 3. The molecule has 2 aromatic rings. The zero-order valence-electron chi connectivity index (χ0n) is 21.8. The van der Waals surface area contributed by atoms with Crippen LogP contribution in [-0.4, -0.2) is 78.3 Å². The number of anilines is 1. The smallest absolute Gasteiger partial charge is 0.369 e. The summed E-state index contributed by atoms with van der Waals surface area (Å²) in [5.41, 5.74) is 13.1. The molecule has 1 amide bonds. The molecule has 1 saturated heterocycles. The molecule has 0 bridgehead atoms. The fourth-order valence-electron chi connectivity index (χ4n) is 3.67. The zero-order chi connectivity index (χ0) is 33.8. The van der Waals surface area contributed by atoms with E-state index in [1.165, 1.54) is 16.1 Å². The molecule has 0 spiro atoms. The molecule has 8 N–H and O–H groups in total. The number of carbonyl (C=O) groups is 1. The zero-order valence-corrected chi connectivity index (χ0v) is 24.5. The Bertz CT molecular complexity index is 1760. The Kier molecular flexibility index (Phi) is 11.2. The number of nitrogen functional groups attached to an aromatic ring is 1. The van der Waals surface area contributed by atoms with Crippen LogP contribution in [0.5, 0.6) is 0 Å². The van der Waals surface area contributed by atoms with E-state index in [9.17, 15) is 46.2 Å². The molecule has 1 aliphatic heterocycles. The van der Waals surface area contributed by atoms with Crippen LogP contribution >= 0.6 is 23.5 Å². The number of H-pyrrole nitrogens is 1. The number of nitrogens with one attached hydrogen (secondary N) is 2. The van der Waals surface area contributed by atoms with Crippen LogP contribution in [0.4, 0.5) is 19.1 Å². The van der Waals surface area contributed by atoms with E-state index in [1.54, 1.807) is 0 Å². The molecule has 0 saturated carbocycles. The van der Waals surface area contributed by atoms with Gasteiger partial charge in [-0.2, -0.15) is 26.8 Å². The van der Waals surface area contributed by atoms with Crippen molar-refractivity contribution in [1.82, 2.24) is 19.9 Å². The first-order valence-corrected chi connectivity index (χ1v) is 16.0. The van der Waals surface area contributed by atoms with Crippen molar-refractivity contribution < 1.29 is 73.9 Å². The van der Waals surface area contributed by atoms with Gasteiger partial charge >= 0.3 is 35.6 Å². The third-order valence-electron chi connectivity index (χ3n) is 5.24. The summed E-state index contributed by atoms with van der Waals surface area (Å²) in [5.74, 6) is 2.05. The molecule has 3 heterocycles. The van der Waals surface area contributed by atoms with Crippen LogP contribution in [0.3, 0.4) is 0 Å². The van der Waals surface area contributed by atoms with Crippen molar-refractivity contribution in [3.63, 3.8) is 0 Å². The average molecular weight is 710 g/mol. The molecule has 0 radical (unpaired) electrons. The van der Waals surface area contributed by atoms with Gasteiger partial charge in [-0.1, -0.05) is 17.0 Å². The maximum atomic E-state index is 12.7. The number of aromatic nitrogens is 3. The second-order valence-electron chi connectivity index (χ2n) is 8.40. The van der Waals surface area contributed by atoms with Gasteiger partial charge in [0.1, 0.15) is 19.1 Å². The molecule has 2 aromatic heterocycles. The Labute approximate surface area is 246 Å². The Balaban J connectivity index is 1.88. The molecule has 248 valence electrons. The maximum absolute atomic E-state index is 12.7. The second-order valence-corrected chi connectivity index (χ2v) is 12.8. The van der Waals surface area contributed by atoms with Crippen molar-refractivity contribution in [2.45, 2.75) is 31.0 Å². The fourth-order valence-corrected chi connectivity index (χ4v) is 6.70. The van der Waals surface area contributed by atoms with Gasteiger partial charge < -0.3 is 44.7 Å². The highest BCUT2D eigenvalue weighted by Gasteiger charge is 2.44. The quantitative estimate of drug-likeness (QED) is 0.0522. The molecule has 1 fully saturated rings. The monoisotopic (exact) mass is 710 g/mol. The van der Waals surface area contributed by atoms with Crippen molar-refractivity contribution in [3.8, 4) is 11.8 Å². The van der Waals surface area contributed by atoms with Crippen LogP contribution < -0.4 is 16.6 Å². The maximum Gasteiger partial charge on any atom is 0.490 e. The third-order valence-corrected chi connectivity index (χ3v) is 9.04. The molecule has 28 heteroatoms. The molecule has 45 heavy (non-hydrogen) atoms. The van der Waals surface area contributed by atoms with Crippen LogP contribution in [0.1, 0.15) is 18.2 Å². The molecule has 3 rings (SSSR count). The molecule has 2 unspecified atom stereocenters. The van der Waals surface area contributed by atoms with E-state index < -0.39 is 79.4 Å². The van der Waals surface area contributed by atoms with Crippen LogP contribution in [0.2, 0.25) is 0 Å². The molecule has 0 aromatic carbocycles. The van der Waals surface area contributed by atoms with Gasteiger partial charge in [0.05, 0.1) is 30.2 Å². The lowest BCUT2D eigenvalue weighted by atomic mass is 10.2. The van der Waals surface area contributed by atoms with Crippen LogP contribution in [0, 0.1) is 11.8 Å². The standard InChI is InChI=1S/C17H20F3N8O14P3/c18-17(19,20)15(30)23-3-1-2-8-5-28(13-12(8)14(29)26-16(21)25-13)11-4-9(38-7-24-27-22)10(40-11)6-39-44(34,35)42-45(36,37)41-43(31,32)33/h5,9-11H,3-4,6-7H2,(H,23,30)(H,34,35)(H,36,37)(H2,31,32,33)(H3,21,25,26,29)/t9-,10-,11-/m0/s1. The Morgan fingerprint density at radius 2 is 1.98 bits per heavy atom. The predicted octanol–water partition coefficient (Wildman–Crippen LogP) is 0.621. The van der Waals surface area contributed by atoms with Crippen LogP contribution in [0.15, 0.2) is 16.1 Å². The molecular formula is C17H20F3N8O14P3. The highest BCUT2D eigenvalue weighted by molar-refractivity contribution is 7.66. The molecule has 22 nitrogen and oxygen atoms in total. The number of amides is 1. The van der Waals surface area contributed by atoms with Crippen LogP contribution in [0.25, 0.3) is 21.5 Å². The summed E-state index contributed by atoms with van der Waals surface area (Å²) in [6, 6.07) is 0. The van der Waals surface area contributed by atoms with Crippen molar-refractivity contribution >= 4 is 46.4 Å². The minimum absolute atomic E-state index is 0.105. The Morgan fingerprint density at radius 3 is 2.60 bits per heavy atom. The first-order chi connectivity index (χ1) is 20.7. The fraction of sp³-hybridized carbons (Fsp3) is 0.471. The van der Waals surface area contributed by atoms with Gasteiger partial charge in [-0.25, -0.2) is 13.7 Å². The first kappa shape index (κ1) is 36.2. The lowest BCUT2D eigenvalue weighted by molar-refractivity contribution is -0.173. The van der Waals surface area contributed by atoms with Crippen molar-refractivity contribution in [1.29, 1.82) is 0 Å². The number of azide groups is 1. The third kappa shape index (κ3) is 10.4. The summed E-state index contributed by atoms with van der Waals surface area (Å²) < 4.78 is 96.0. The number of ether oxygens (including phenoxy) is 2. The highest BCUT2D eigenvalue weighted by Crippen LogP contribution is 2.66. The lowest BCUT2D eigenvalue weighted by Crippen LogP contribution is -2.36. The predicted molar refractivity (Wildman–Crippen MR) is 138 cm³/mol. The number of aromatic amines is 1. The summed E-state index contributed by atoms with van der Waals surface area (Å²) in [7, 11) is -17.1. The minimum atomic E-state index is -5.83. The topological polar surface area (TPSA) is 333 Å². The lowest BCUT2D eigenvalue weighted by Gasteiger charge is -2.21. The second kappa shape index (κ2) is 14.0. The Hall–Kier alpha value is -3.32. The normalized spacial score (nSPS) is 21.3. The summed E-state index contributed by atoms with van der Waals surface area (Å²) in [6.07, 6.45) is -7.87. The number of hydrogen-bond acceptors (Lipinski definition) is 13. The molecular weight excluding hydrogens is 690 g/mol. The SMILES string of the molecule is [N-]=[N+]=NCO[C@H]1C[C@@H](n2cc(C#CCNC(=O)C(F)(F)F)c3c(=O)[nH]c(N)nc32)O[C@H]1COP(=O)(O)OP(=O)(O)OP(=O)(O)O. The summed E-state index contributed by atoms with van der Waals surface area (Å²) in [6.45, 7) is -2.33. The van der Waals surface area contributed by atoms with E-state index >= 15 is 0 Å². The number of carbonyl (C=O) groups excluding carboxylic acids is 1. The van der Waals surface area contributed by atoms with Crippen molar-refractivity contribution in [2.75, 3.05) is 25.6 Å². The highest BCUT2D eigenvalue weighted by atomic mass is 31.3. The van der Waals surface area contributed by atoms with E-state index in [1.807, 2.05) is 0 Å². The molecule has 0 aliphatic carbocycles. The average Bonchev–Trinajstić information content (AvgIpc) is 3.43. The number of nitrogens with two attached hydrogens (primary N) is 1. The number of phosphoric ester groups is 1. The Morgan fingerprint density at radius 1 is 1.29 bits per heavy atom. The van der Waals surface area contributed by atoms with E-state index in [2.05, 4.69) is 45.0 Å². The number of alkyl halides is 3. The first-order valence-electron chi connectivity index (χ1n) is 11.5. The molecule has 5 atom stereocenters. The number of hydrogen-bond donors (Lipinski definition) is 7. The van der Waals surface area contributed by atoms with Crippen molar-refractivity contribution in [2.24, 2.45) is 5.11 Å². The van der Waals surface area contributed by atoms with Gasteiger partial charge in [-0.05, 0) is 5.53 Å². The largest absolute Gasteiger partial charge is 0.490 e. The number of nitrogens with zero attached hydrogens (tertiary/aromatic N) is 5. The summed E-state index contributed by atoms with van der Waals surface area (Å²) in [4.78, 5) is 68.8. The van der Waals surface area contributed by atoms with E-state index in [0.29, 0.717) is 0 Å². The molecule has 1 aliphatic rings. The van der Waals surface area contributed by atoms with E-state index in [0.717, 1.165) is 0 Å². The summed E-state index contributed by atoms with van der Waals surface area (Å²) in [5, 5.41) is 4.50. The van der Waals surface area contributed by atoms with Crippen LogP contribution in [-0.2, 0) is 41.1 Å². The number of phosphoric acid groups is 3. The van der Waals surface area contributed by atoms with Gasteiger partial charge in [-0.3, -0.25) is 19.1 Å².